The minimum atomic E-state index is 0.0829. The number of fused-ring (bicyclic) bond motifs is 1. The third-order valence-electron chi connectivity index (χ3n) is 6.51. The van der Waals surface area contributed by atoms with Crippen molar-refractivity contribution in [3.8, 4) is 0 Å². The van der Waals surface area contributed by atoms with E-state index in [1.165, 1.54) is 5.56 Å². The Morgan fingerprint density at radius 3 is 2.29 bits per heavy atom. The van der Waals surface area contributed by atoms with Crippen LogP contribution in [-0.2, 0) is 0 Å². The number of halogens is 1. The van der Waals surface area contributed by atoms with Crippen LogP contribution in [0, 0.1) is 0 Å². The molecule has 2 aliphatic rings. The van der Waals surface area contributed by atoms with Gasteiger partial charge in [-0.15, -0.1) is 0 Å². The van der Waals surface area contributed by atoms with Gasteiger partial charge in [-0.25, -0.2) is 4.52 Å². The van der Waals surface area contributed by atoms with Crippen molar-refractivity contribution in [3.05, 3.63) is 70.0 Å². The molecule has 7 heteroatoms. The smallest absolute Gasteiger partial charge is 0.257 e. The molecule has 0 aliphatic carbocycles. The van der Waals surface area contributed by atoms with Gasteiger partial charge in [-0.2, -0.15) is 5.10 Å². The third kappa shape index (κ3) is 3.99. The lowest BCUT2D eigenvalue weighted by atomic mass is 9.89. The minimum absolute atomic E-state index is 0.0829. The Morgan fingerprint density at radius 2 is 1.58 bits per heavy atom. The number of piperidine rings is 1. The third-order valence-corrected chi connectivity index (χ3v) is 7.04. The van der Waals surface area contributed by atoms with Crippen LogP contribution in [0.4, 0.5) is 0 Å². The Hall–Kier alpha value is -2.67. The van der Waals surface area contributed by atoms with E-state index in [0.29, 0.717) is 11.5 Å². The Balaban J connectivity index is 1.30. The Kier molecular flexibility index (Phi) is 5.52. The summed E-state index contributed by atoms with van der Waals surface area (Å²) in [5.41, 5.74) is 3.51. The van der Waals surface area contributed by atoms with Crippen molar-refractivity contribution in [1.82, 2.24) is 19.4 Å². The van der Waals surface area contributed by atoms with Crippen molar-refractivity contribution >= 4 is 33.3 Å². The van der Waals surface area contributed by atoms with E-state index in [9.17, 15) is 9.59 Å². The number of pyridine rings is 1. The first-order chi connectivity index (χ1) is 15.1. The van der Waals surface area contributed by atoms with Crippen LogP contribution in [0.2, 0.25) is 0 Å². The molecule has 5 rings (SSSR count). The van der Waals surface area contributed by atoms with E-state index in [1.54, 1.807) is 10.7 Å². The maximum Gasteiger partial charge on any atom is 0.257 e. The summed E-state index contributed by atoms with van der Waals surface area (Å²) in [4.78, 5) is 29.6. The molecule has 0 saturated carbocycles. The van der Waals surface area contributed by atoms with Gasteiger partial charge in [-0.1, -0.05) is 15.9 Å². The first-order valence-corrected chi connectivity index (χ1v) is 11.7. The molecule has 4 heterocycles. The molecule has 2 aliphatic heterocycles. The van der Waals surface area contributed by atoms with Crippen LogP contribution >= 0.6 is 15.9 Å². The number of carbonyl (C=O) groups excluding carboxylic acids is 2. The van der Waals surface area contributed by atoms with Crippen LogP contribution in [0.1, 0.15) is 57.9 Å². The number of nitrogens with zero attached hydrogens (tertiary/aromatic N) is 4. The quantitative estimate of drug-likeness (QED) is 0.559. The van der Waals surface area contributed by atoms with Gasteiger partial charge in [0.2, 0.25) is 0 Å². The fourth-order valence-electron chi connectivity index (χ4n) is 4.70. The summed E-state index contributed by atoms with van der Waals surface area (Å²) in [6, 6.07) is 11.8. The van der Waals surface area contributed by atoms with Crippen LogP contribution in [0.5, 0.6) is 0 Å². The molecule has 3 aromatic rings. The average molecular weight is 481 g/mol. The largest absolute Gasteiger partial charge is 0.339 e. The summed E-state index contributed by atoms with van der Waals surface area (Å²) >= 11 is 3.42. The van der Waals surface area contributed by atoms with E-state index in [1.807, 2.05) is 40.3 Å². The molecule has 0 bridgehead atoms. The molecule has 0 atom stereocenters. The second-order valence-electron chi connectivity index (χ2n) is 8.42. The fraction of sp³-hybridized carbons (Fsp3) is 0.375. The molecule has 2 amide bonds. The lowest BCUT2D eigenvalue weighted by Gasteiger charge is -2.32. The zero-order valence-electron chi connectivity index (χ0n) is 17.3. The summed E-state index contributed by atoms with van der Waals surface area (Å²) < 4.78 is 2.76. The number of amides is 2. The van der Waals surface area contributed by atoms with Crippen molar-refractivity contribution in [3.63, 3.8) is 0 Å². The number of benzene rings is 1. The summed E-state index contributed by atoms with van der Waals surface area (Å²) in [7, 11) is 0. The molecular formula is C24H25BrN4O2. The molecular weight excluding hydrogens is 456 g/mol. The molecule has 2 aromatic heterocycles. The number of aromatic nitrogens is 2. The molecule has 0 radical (unpaired) electrons. The van der Waals surface area contributed by atoms with Crippen LogP contribution < -0.4 is 0 Å². The van der Waals surface area contributed by atoms with E-state index in [4.69, 9.17) is 0 Å². The standard InChI is InChI=1S/C24H25BrN4O2/c25-20-5-3-18(4-6-20)23(30)28-12-7-17(8-13-28)19-9-14-29-22(15-19)21(16-26-29)24(31)27-10-1-2-11-27/h3-6,9,14-17H,1-2,7-8,10-13H2. The van der Waals surface area contributed by atoms with Crippen LogP contribution in [-0.4, -0.2) is 57.4 Å². The zero-order chi connectivity index (χ0) is 21.4. The summed E-state index contributed by atoms with van der Waals surface area (Å²) in [5.74, 6) is 0.554. The van der Waals surface area contributed by atoms with Gasteiger partial charge in [-0.05, 0) is 73.6 Å². The number of rotatable bonds is 3. The highest BCUT2D eigenvalue weighted by atomic mass is 79.9. The van der Waals surface area contributed by atoms with Gasteiger partial charge in [0.1, 0.15) is 0 Å². The summed E-state index contributed by atoms with van der Waals surface area (Å²) in [5, 5.41) is 4.39. The van der Waals surface area contributed by atoms with Crippen molar-refractivity contribution in [1.29, 1.82) is 0 Å². The first-order valence-electron chi connectivity index (χ1n) is 10.9. The number of hydrogen-bond acceptors (Lipinski definition) is 3. The van der Waals surface area contributed by atoms with Crippen molar-refractivity contribution in [2.24, 2.45) is 0 Å². The van der Waals surface area contributed by atoms with Crippen LogP contribution in [0.25, 0.3) is 5.52 Å². The predicted molar refractivity (Wildman–Crippen MR) is 122 cm³/mol. The van der Waals surface area contributed by atoms with Gasteiger partial charge >= 0.3 is 0 Å². The second kappa shape index (κ2) is 8.46. The van der Waals surface area contributed by atoms with E-state index in [0.717, 1.165) is 67.4 Å². The molecule has 0 spiro atoms. The SMILES string of the molecule is O=C(c1ccc(Br)cc1)N1CCC(c2ccn3ncc(C(=O)N4CCCC4)c3c2)CC1. The first kappa shape index (κ1) is 20.2. The molecule has 2 fully saturated rings. The van der Waals surface area contributed by atoms with Gasteiger partial charge in [0.25, 0.3) is 11.8 Å². The Morgan fingerprint density at radius 1 is 0.903 bits per heavy atom. The number of hydrogen-bond donors (Lipinski definition) is 0. The minimum Gasteiger partial charge on any atom is -0.339 e. The molecule has 0 unspecified atom stereocenters. The Bertz CT molecular complexity index is 1110. The molecule has 2 saturated heterocycles. The lowest BCUT2D eigenvalue weighted by Crippen LogP contribution is -2.37. The average Bonchev–Trinajstić information content (AvgIpc) is 3.49. The number of likely N-dealkylation sites (tertiary alicyclic amines) is 2. The maximum absolute atomic E-state index is 12.9. The van der Waals surface area contributed by atoms with Crippen LogP contribution in [0.3, 0.4) is 0 Å². The topological polar surface area (TPSA) is 57.9 Å². The van der Waals surface area contributed by atoms with Gasteiger partial charge < -0.3 is 9.80 Å². The monoisotopic (exact) mass is 480 g/mol. The normalized spacial score (nSPS) is 17.5. The maximum atomic E-state index is 12.9. The van der Waals surface area contributed by atoms with Crippen LogP contribution in [0.15, 0.2) is 53.3 Å². The highest BCUT2D eigenvalue weighted by Gasteiger charge is 2.26. The van der Waals surface area contributed by atoms with Crippen molar-refractivity contribution < 1.29 is 9.59 Å². The predicted octanol–water partition coefficient (Wildman–Crippen LogP) is 4.35. The second-order valence-corrected chi connectivity index (χ2v) is 9.34. The van der Waals surface area contributed by atoms with Gasteiger partial charge in [-0.3, -0.25) is 9.59 Å². The molecule has 1 aromatic carbocycles. The molecule has 0 N–H and O–H groups in total. The molecule has 6 nitrogen and oxygen atoms in total. The number of carbonyl (C=O) groups is 2. The highest BCUT2D eigenvalue weighted by Crippen LogP contribution is 2.30. The van der Waals surface area contributed by atoms with Gasteiger partial charge in [0, 0.05) is 42.4 Å². The molecule has 160 valence electrons. The lowest BCUT2D eigenvalue weighted by molar-refractivity contribution is 0.0712. The van der Waals surface area contributed by atoms with E-state index in [2.05, 4.69) is 33.2 Å². The Labute approximate surface area is 190 Å². The van der Waals surface area contributed by atoms with E-state index < -0.39 is 0 Å². The van der Waals surface area contributed by atoms with Crippen molar-refractivity contribution in [2.45, 2.75) is 31.6 Å². The summed E-state index contributed by atoms with van der Waals surface area (Å²) in [6.07, 6.45) is 7.63. The van der Waals surface area contributed by atoms with E-state index in [-0.39, 0.29) is 11.8 Å². The zero-order valence-corrected chi connectivity index (χ0v) is 18.9. The van der Waals surface area contributed by atoms with Crippen molar-refractivity contribution in [2.75, 3.05) is 26.2 Å². The van der Waals surface area contributed by atoms with Gasteiger partial charge in [0.15, 0.2) is 0 Å². The van der Waals surface area contributed by atoms with Gasteiger partial charge in [0.05, 0.1) is 17.3 Å². The fourth-order valence-corrected chi connectivity index (χ4v) is 4.96. The summed E-state index contributed by atoms with van der Waals surface area (Å²) in [6.45, 7) is 3.15. The van der Waals surface area contributed by atoms with E-state index >= 15 is 0 Å². The molecule has 31 heavy (non-hydrogen) atoms. The highest BCUT2D eigenvalue weighted by molar-refractivity contribution is 9.10.